The van der Waals surface area contributed by atoms with Crippen LogP contribution in [0.1, 0.15) is 13.3 Å². The SMILES string of the molecule is C[C@H]1OCCN[C@@H]1C(=O)N1CCC(NC(=O)Nc2ccc(F)cc2)C1.Cl. The Morgan fingerprint density at radius 2 is 2.04 bits per heavy atom. The first kappa shape index (κ1) is 20.4. The standard InChI is InChI=1S/C17H23FN4O3.ClH/c1-11-15(19-7-9-25-11)16(23)22-8-6-14(10-22)21-17(24)20-13-4-2-12(18)3-5-13;/h2-5,11,14-15,19H,6-10H2,1H3,(H2,20,21,24);1H/t11-,14?,15+;/m1./s1. The fourth-order valence-corrected chi connectivity index (χ4v) is 3.17. The number of morpholine rings is 1. The van der Waals surface area contributed by atoms with Crippen molar-refractivity contribution in [2.45, 2.75) is 31.5 Å². The molecule has 2 aliphatic rings. The molecule has 2 fully saturated rings. The minimum atomic E-state index is -0.363. The fraction of sp³-hybridized carbons (Fsp3) is 0.529. The van der Waals surface area contributed by atoms with Crippen LogP contribution in [0.25, 0.3) is 0 Å². The number of urea groups is 1. The summed E-state index contributed by atoms with van der Waals surface area (Å²) in [5.74, 6) is -0.346. The van der Waals surface area contributed by atoms with Gasteiger partial charge in [0.05, 0.1) is 12.7 Å². The second-order valence-electron chi connectivity index (χ2n) is 6.38. The molecule has 26 heavy (non-hydrogen) atoms. The molecule has 1 aromatic carbocycles. The highest BCUT2D eigenvalue weighted by Crippen LogP contribution is 2.15. The maximum absolute atomic E-state index is 12.9. The van der Waals surface area contributed by atoms with E-state index < -0.39 is 0 Å². The summed E-state index contributed by atoms with van der Waals surface area (Å²) in [4.78, 5) is 26.4. The number of hydrogen-bond acceptors (Lipinski definition) is 4. The Kier molecular flexibility index (Phi) is 7.19. The van der Waals surface area contributed by atoms with E-state index in [0.29, 0.717) is 38.3 Å². The number of anilines is 1. The summed E-state index contributed by atoms with van der Waals surface area (Å²) in [6, 6.07) is 4.76. The van der Waals surface area contributed by atoms with Gasteiger partial charge in [-0.2, -0.15) is 0 Å². The molecule has 1 unspecified atom stereocenters. The molecule has 144 valence electrons. The molecule has 3 atom stereocenters. The Hall–Kier alpha value is -1.90. The van der Waals surface area contributed by atoms with Gasteiger partial charge < -0.3 is 25.6 Å². The van der Waals surface area contributed by atoms with E-state index in [1.807, 2.05) is 6.92 Å². The predicted molar refractivity (Wildman–Crippen MR) is 98.0 cm³/mol. The summed E-state index contributed by atoms with van der Waals surface area (Å²) < 4.78 is 18.4. The van der Waals surface area contributed by atoms with E-state index >= 15 is 0 Å². The molecule has 7 nitrogen and oxygen atoms in total. The van der Waals surface area contributed by atoms with Crippen LogP contribution in [0.3, 0.4) is 0 Å². The highest BCUT2D eigenvalue weighted by atomic mass is 35.5. The van der Waals surface area contributed by atoms with Crippen molar-refractivity contribution in [1.82, 2.24) is 15.5 Å². The molecule has 0 spiro atoms. The lowest BCUT2D eigenvalue weighted by Crippen LogP contribution is -2.56. The number of carbonyl (C=O) groups excluding carboxylic acids is 2. The van der Waals surface area contributed by atoms with Crippen LogP contribution in [0.2, 0.25) is 0 Å². The van der Waals surface area contributed by atoms with Gasteiger partial charge in [-0.1, -0.05) is 0 Å². The van der Waals surface area contributed by atoms with Crippen LogP contribution in [-0.4, -0.2) is 61.3 Å². The maximum Gasteiger partial charge on any atom is 0.319 e. The smallest absolute Gasteiger partial charge is 0.319 e. The van der Waals surface area contributed by atoms with E-state index in [2.05, 4.69) is 16.0 Å². The Morgan fingerprint density at radius 1 is 1.31 bits per heavy atom. The van der Waals surface area contributed by atoms with Gasteiger partial charge in [-0.05, 0) is 37.6 Å². The minimum Gasteiger partial charge on any atom is -0.375 e. The summed E-state index contributed by atoms with van der Waals surface area (Å²) in [5.41, 5.74) is 0.516. The number of rotatable bonds is 3. The van der Waals surface area contributed by atoms with Crippen molar-refractivity contribution in [3.05, 3.63) is 30.1 Å². The molecule has 3 N–H and O–H groups in total. The van der Waals surface area contributed by atoms with E-state index in [0.717, 1.165) is 0 Å². The second kappa shape index (κ2) is 9.16. The zero-order chi connectivity index (χ0) is 17.8. The Labute approximate surface area is 158 Å². The van der Waals surface area contributed by atoms with Crippen LogP contribution in [0, 0.1) is 5.82 Å². The molecule has 1 aromatic rings. The third-order valence-corrected chi connectivity index (χ3v) is 4.52. The Bertz CT molecular complexity index is 631. The van der Waals surface area contributed by atoms with Crippen molar-refractivity contribution in [3.8, 4) is 0 Å². The lowest BCUT2D eigenvalue weighted by molar-refractivity contribution is -0.138. The average Bonchev–Trinajstić information content (AvgIpc) is 3.05. The van der Waals surface area contributed by atoms with Crippen molar-refractivity contribution >= 4 is 30.0 Å². The van der Waals surface area contributed by atoms with Gasteiger partial charge >= 0.3 is 6.03 Å². The topological polar surface area (TPSA) is 82.7 Å². The first-order chi connectivity index (χ1) is 12.0. The third-order valence-electron chi connectivity index (χ3n) is 4.52. The van der Waals surface area contributed by atoms with Crippen LogP contribution < -0.4 is 16.0 Å². The molecule has 3 rings (SSSR count). The summed E-state index contributed by atoms with van der Waals surface area (Å²) in [6.45, 7) is 4.23. The Morgan fingerprint density at radius 3 is 2.73 bits per heavy atom. The molecule has 9 heteroatoms. The highest BCUT2D eigenvalue weighted by molar-refractivity contribution is 5.89. The van der Waals surface area contributed by atoms with Crippen LogP contribution in [0.5, 0.6) is 0 Å². The van der Waals surface area contributed by atoms with Gasteiger partial charge in [-0.15, -0.1) is 12.4 Å². The van der Waals surface area contributed by atoms with Gasteiger partial charge in [0.1, 0.15) is 11.9 Å². The van der Waals surface area contributed by atoms with Gasteiger partial charge in [0, 0.05) is 31.4 Å². The molecule has 0 radical (unpaired) electrons. The van der Waals surface area contributed by atoms with Crippen molar-refractivity contribution in [2.24, 2.45) is 0 Å². The van der Waals surface area contributed by atoms with Crippen molar-refractivity contribution in [1.29, 1.82) is 0 Å². The largest absolute Gasteiger partial charge is 0.375 e. The first-order valence-corrected chi connectivity index (χ1v) is 8.50. The number of ether oxygens (including phenoxy) is 1. The molecule has 2 aliphatic heterocycles. The van der Waals surface area contributed by atoms with E-state index in [9.17, 15) is 14.0 Å². The number of hydrogen-bond donors (Lipinski definition) is 3. The number of carbonyl (C=O) groups is 2. The normalized spacial score (nSPS) is 25.3. The molecular weight excluding hydrogens is 363 g/mol. The summed E-state index contributed by atoms with van der Waals surface area (Å²) in [5, 5.41) is 8.70. The van der Waals surface area contributed by atoms with Crippen molar-refractivity contribution < 1.29 is 18.7 Å². The number of halogens is 2. The highest BCUT2D eigenvalue weighted by Gasteiger charge is 2.35. The molecule has 0 saturated carbocycles. The number of nitrogens with one attached hydrogen (secondary N) is 3. The van der Waals surface area contributed by atoms with E-state index in [-0.39, 0.29) is 48.4 Å². The predicted octanol–water partition coefficient (Wildman–Crippen LogP) is 1.35. The third kappa shape index (κ3) is 5.06. The van der Waals surface area contributed by atoms with E-state index in [1.165, 1.54) is 24.3 Å². The maximum atomic E-state index is 12.9. The molecule has 2 saturated heterocycles. The molecular formula is C17H24ClFN4O3. The summed E-state index contributed by atoms with van der Waals surface area (Å²) in [6.07, 6.45) is 0.542. The number of nitrogens with zero attached hydrogens (tertiary/aromatic N) is 1. The van der Waals surface area contributed by atoms with Crippen LogP contribution in [0.15, 0.2) is 24.3 Å². The van der Waals surface area contributed by atoms with E-state index in [1.54, 1.807) is 4.90 Å². The van der Waals surface area contributed by atoms with Gasteiger partial charge in [0.15, 0.2) is 0 Å². The lowest BCUT2D eigenvalue weighted by Gasteiger charge is -2.32. The fourth-order valence-electron chi connectivity index (χ4n) is 3.17. The van der Waals surface area contributed by atoms with Gasteiger partial charge in [0.25, 0.3) is 0 Å². The number of amides is 3. The Balaban J connectivity index is 0.00000243. The van der Waals surface area contributed by atoms with Crippen molar-refractivity contribution in [2.75, 3.05) is 31.6 Å². The zero-order valence-electron chi connectivity index (χ0n) is 14.5. The average molecular weight is 387 g/mol. The van der Waals surface area contributed by atoms with Gasteiger partial charge in [-0.25, -0.2) is 9.18 Å². The van der Waals surface area contributed by atoms with Crippen LogP contribution >= 0.6 is 12.4 Å². The lowest BCUT2D eigenvalue weighted by atomic mass is 10.1. The molecule has 0 bridgehead atoms. The van der Waals surface area contributed by atoms with Crippen LogP contribution in [-0.2, 0) is 9.53 Å². The van der Waals surface area contributed by atoms with Gasteiger partial charge in [-0.3, -0.25) is 4.79 Å². The summed E-state index contributed by atoms with van der Waals surface area (Å²) >= 11 is 0. The summed E-state index contributed by atoms with van der Waals surface area (Å²) in [7, 11) is 0. The number of benzene rings is 1. The molecule has 0 aliphatic carbocycles. The van der Waals surface area contributed by atoms with Crippen molar-refractivity contribution in [3.63, 3.8) is 0 Å². The van der Waals surface area contributed by atoms with Gasteiger partial charge in [0.2, 0.25) is 5.91 Å². The zero-order valence-corrected chi connectivity index (χ0v) is 15.4. The van der Waals surface area contributed by atoms with Crippen LogP contribution in [0.4, 0.5) is 14.9 Å². The van der Waals surface area contributed by atoms with E-state index in [4.69, 9.17) is 4.74 Å². The minimum absolute atomic E-state index is 0. The molecule has 3 amide bonds. The quantitative estimate of drug-likeness (QED) is 0.732. The second-order valence-corrected chi connectivity index (χ2v) is 6.38. The number of likely N-dealkylation sites (tertiary alicyclic amines) is 1. The first-order valence-electron chi connectivity index (χ1n) is 8.50. The molecule has 0 aromatic heterocycles. The molecule has 2 heterocycles. The monoisotopic (exact) mass is 386 g/mol.